The highest BCUT2D eigenvalue weighted by atomic mass is 16.6. The highest BCUT2D eigenvalue weighted by molar-refractivity contribution is 4.93. The largest absolute Gasteiger partial charge is 0.373 e. The third-order valence-electron chi connectivity index (χ3n) is 4.53. The molecular formula is C14H25NO3. The fraction of sp³-hybridized carbons (Fsp3) is 1.00. The molecule has 3 rings (SSSR count). The van der Waals surface area contributed by atoms with Crippen molar-refractivity contribution in [1.82, 2.24) is 5.32 Å². The van der Waals surface area contributed by atoms with Gasteiger partial charge in [-0.25, -0.2) is 0 Å². The Morgan fingerprint density at radius 2 is 2.11 bits per heavy atom. The average Bonchev–Trinajstić information content (AvgIpc) is 2.96. The number of ether oxygens (including phenoxy) is 3. The Balaban J connectivity index is 1.42. The Labute approximate surface area is 109 Å². The predicted octanol–water partition coefficient (Wildman–Crippen LogP) is 1.48. The fourth-order valence-electron chi connectivity index (χ4n) is 3.39. The SMILES string of the molecule is CC1CCC(COC2COC3(CCNCC3)C2)O1. The molecule has 3 aliphatic heterocycles. The molecule has 1 spiro atoms. The first-order valence-electron chi connectivity index (χ1n) is 7.37. The van der Waals surface area contributed by atoms with Gasteiger partial charge in [-0.3, -0.25) is 0 Å². The van der Waals surface area contributed by atoms with E-state index in [4.69, 9.17) is 14.2 Å². The van der Waals surface area contributed by atoms with E-state index in [1.165, 1.54) is 6.42 Å². The monoisotopic (exact) mass is 255 g/mol. The Hall–Kier alpha value is -0.160. The van der Waals surface area contributed by atoms with Crippen LogP contribution < -0.4 is 5.32 Å². The lowest BCUT2D eigenvalue weighted by molar-refractivity contribution is -0.0429. The number of rotatable bonds is 3. The molecule has 0 aromatic carbocycles. The summed E-state index contributed by atoms with van der Waals surface area (Å²) in [5.74, 6) is 0. The highest BCUT2D eigenvalue weighted by Crippen LogP contribution is 2.35. The zero-order valence-electron chi connectivity index (χ0n) is 11.3. The molecule has 4 heteroatoms. The lowest BCUT2D eigenvalue weighted by Gasteiger charge is -2.32. The summed E-state index contributed by atoms with van der Waals surface area (Å²) in [5.41, 5.74) is 0.111. The van der Waals surface area contributed by atoms with E-state index in [-0.39, 0.29) is 11.7 Å². The van der Waals surface area contributed by atoms with Crippen molar-refractivity contribution < 1.29 is 14.2 Å². The zero-order valence-corrected chi connectivity index (χ0v) is 11.3. The van der Waals surface area contributed by atoms with Crippen LogP contribution in [0, 0.1) is 0 Å². The van der Waals surface area contributed by atoms with Crippen LogP contribution in [0.4, 0.5) is 0 Å². The van der Waals surface area contributed by atoms with E-state index in [9.17, 15) is 0 Å². The summed E-state index contributed by atoms with van der Waals surface area (Å²) in [5, 5.41) is 3.39. The van der Waals surface area contributed by atoms with Crippen molar-refractivity contribution >= 4 is 0 Å². The van der Waals surface area contributed by atoms with E-state index in [0.29, 0.717) is 12.2 Å². The first-order valence-corrected chi connectivity index (χ1v) is 7.37. The second kappa shape index (κ2) is 5.45. The van der Waals surface area contributed by atoms with E-state index in [1.807, 2.05) is 0 Å². The maximum atomic E-state index is 6.02. The molecule has 104 valence electrons. The molecule has 0 aromatic heterocycles. The van der Waals surface area contributed by atoms with Crippen LogP contribution in [0.3, 0.4) is 0 Å². The molecule has 0 saturated carbocycles. The first kappa shape index (κ1) is 12.9. The molecule has 3 unspecified atom stereocenters. The van der Waals surface area contributed by atoms with Crippen molar-refractivity contribution in [3.05, 3.63) is 0 Å². The summed E-state index contributed by atoms with van der Waals surface area (Å²) in [7, 11) is 0. The fourth-order valence-corrected chi connectivity index (χ4v) is 3.39. The van der Waals surface area contributed by atoms with E-state index in [0.717, 1.165) is 52.0 Å². The van der Waals surface area contributed by atoms with Gasteiger partial charge in [-0.15, -0.1) is 0 Å². The summed E-state index contributed by atoms with van der Waals surface area (Å²) < 4.78 is 17.8. The average molecular weight is 255 g/mol. The van der Waals surface area contributed by atoms with Gasteiger partial charge >= 0.3 is 0 Å². The molecule has 3 atom stereocenters. The van der Waals surface area contributed by atoms with Crippen molar-refractivity contribution in [2.75, 3.05) is 26.3 Å². The maximum Gasteiger partial charge on any atom is 0.0837 e. The van der Waals surface area contributed by atoms with Crippen molar-refractivity contribution in [2.45, 2.75) is 62.9 Å². The van der Waals surface area contributed by atoms with Crippen LogP contribution in [0.15, 0.2) is 0 Å². The minimum atomic E-state index is 0.111. The molecule has 0 aliphatic carbocycles. The van der Waals surface area contributed by atoms with Gasteiger partial charge in [0.15, 0.2) is 0 Å². The molecule has 0 amide bonds. The lowest BCUT2D eigenvalue weighted by Crippen LogP contribution is -2.41. The molecule has 1 N–H and O–H groups in total. The van der Waals surface area contributed by atoms with Crippen LogP contribution in [0.5, 0.6) is 0 Å². The van der Waals surface area contributed by atoms with Crippen molar-refractivity contribution in [2.24, 2.45) is 0 Å². The Bertz CT molecular complexity index is 278. The van der Waals surface area contributed by atoms with Crippen LogP contribution in [0.2, 0.25) is 0 Å². The van der Waals surface area contributed by atoms with Crippen LogP contribution in [-0.4, -0.2) is 50.2 Å². The zero-order chi connectivity index (χ0) is 12.4. The smallest absolute Gasteiger partial charge is 0.0837 e. The van der Waals surface area contributed by atoms with Gasteiger partial charge in [0, 0.05) is 6.42 Å². The number of hydrogen-bond donors (Lipinski definition) is 1. The third-order valence-corrected chi connectivity index (χ3v) is 4.53. The van der Waals surface area contributed by atoms with Gasteiger partial charge in [-0.05, 0) is 45.7 Å². The molecule has 18 heavy (non-hydrogen) atoms. The molecule has 0 bridgehead atoms. The van der Waals surface area contributed by atoms with Gasteiger partial charge in [-0.2, -0.15) is 0 Å². The van der Waals surface area contributed by atoms with Crippen molar-refractivity contribution in [1.29, 1.82) is 0 Å². The molecular weight excluding hydrogens is 230 g/mol. The Kier molecular flexibility index (Phi) is 3.89. The van der Waals surface area contributed by atoms with Gasteiger partial charge in [0.2, 0.25) is 0 Å². The van der Waals surface area contributed by atoms with E-state index in [2.05, 4.69) is 12.2 Å². The molecule has 3 saturated heterocycles. The maximum absolute atomic E-state index is 6.02. The lowest BCUT2D eigenvalue weighted by atomic mass is 9.89. The normalized spacial score (nSPS) is 39.5. The summed E-state index contributed by atoms with van der Waals surface area (Å²) in [4.78, 5) is 0. The molecule has 3 fully saturated rings. The third kappa shape index (κ3) is 2.87. The van der Waals surface area contributed by atoms with Crippen molar-refractivity contribution in [3.63, 3.8) is 0 Å². The molecule has 0 radical (unpaired) electrons. The number of piperidine rings is 1. The second-order valence-electron chi connectivity index (χ2n) is 6.05. The Morgan fingerprint density at radius 3 is 2.83 bits per heavy atom. The quantitative estimate of drug-likeness (QED) is 0.829. The summed E-state index contributed by atoms with van der Waals surface area (Å²) in [6.45, 7) is 5.81. The van der Waals surface area contributed by atoms with Crippen LogP contribution in [0.1, 0.15) is 39.0 Å². The van der Waals surface area contributed by atoms with Crippen LogP contribution >= 0.6 is 0 Å². The summed E-state index contributed by atoms with van der Waals surface area (Å²) in [6, 6.07) is 0. The molecule has 3 aliphatic rings. The highest BCUT2D eigenvalue weighted by Gasteiger charge is 2.41. The molecule has 3 heterocycles. The summed E-state index contributed by atoms with van der Waals surface area (Å²) in [6.07, 6.45) is 6.64. The molecule has 0 aromatic rings. The predicted molar refractivity (Wildman–Crippen MR) is 68.7 cm³/mol. The minimum absolute atomic E-state index is 0.111. The standard InChI is InChI=1S/C14H25NO3/c1-11-2-3-12(18-11)9-16-13-8-14(17-10-13)4-6-15-7-5-14/h11-13,15H,2-10H2,1H3. The van der Waals surface area contributed by atoms with Crippen molar-refractivity contribution in [3.8, 4) is 0 Å². The van der Waals surface area contributed by atoms with Gasteiger partial charge < -0.3 is 19.5 Å². The van der Waals surface area contributed by atoms with E-state index >= 15 is 0 Å². The van der Waals surface area contributed by atoms with Crippen LogP contribution in [0.25, 0.3) is 0 Å². The van der Waals surface area contributed by atoms with Gasteiger partial charge in [0.1, 0.15) is 0 Å². The van der Waals surface area contributed by atoms with E-state index in [1.54, 1.807) is 0 Å². The Morgan fingerprint density at radius 1 is 1.28 bits per heavy atom. The van der Waals surface area contributed by atoms with Gasteiger partial charge in [-0.1, -0.05) is 0 Å². The minimum Gasteiger partial charge on any atom is -0.373 e. The summed E-state index contributed by atoms with van der Waals surface area (Å²) >= 11 is 0. The van der Waals surface area contributed by atoms with E-state index < -0.39 is 0 Å². The number of hydrogen-bond acceptors (Lipinski definition) is 4. The topological polar surface area (TPSA) is 39.7 Å². The number of nitrogens with one attached hydrogen (secondary N) is 1. The van der Waals surface area contributed by atoms with Gasteiger partial charge in [0.25, 0.3) is 0 Å². The molecule has 4 nitrogen and oxygen atoms in total. The van der Waals surface area contributed by atoms with Gasteiger partial charge in [0.05, 0.1) is 37.1 Å². The first-order chi connectivity index (χ1) is 8.76. The second-order valence-corrected chi connectivity index (χ2v) is 6.05. The van der Waals surface area contributed by atoms with Crippen LogP contribution in [-0.2, 0) is 14.2 Å².